The quantitative estimate of drug-likeness (QED) is 0.778. The average molecular weight is 361 g/mol. The van der Waals surface area contributed by atoms with Crippen LogP contribution >= 0.6 is 0 Å². The standard InChI is InChI=1S/C17H19N3O4S/c1-13(21)20-15-2-4-16(5-3-15)25(23,24)11-8-17(22)19-12-14-6-9-18-10-7-14/h2-7,9-10H,8,11-12H2,1H3,(H,19,22)(H,20,21). The molecule has 7 nitrogen and oxygen atoms in total. The molecule has 1 aromatic heterocycles. The normalized spacial score (nSPS) is 10.9. The predicted octanol–water partition coefficient (Wildman–Crippen LogP) is 1.52. The maximum atomic E-state index is 12.3. The lowest BCUT2D eigenvalue weighted by Gasteiger charge is -2.07. The second-order valence-electron chi connectivity index (χ2n) is 5.41. The van der Waals surface area contributed by atoms with Gasteiger partial charge in [0.2, 0.25) is 11.8 Å². The molecule has 132 valence electrons. The number of benzene rings is 1. The van der Waals surface area contributed by atoms with E-state index in [4.69, 9.17) is 0 Å². The lowest BCUT2D eigenvalue weighted by atomic mass is 10.2. The van der Waals surface area contributed by atoms with Gasteiger partial charge >= 0.3 is 0 Å². The van der Waals surface area contributed by atoms with Crippen molar-refractivity contribution in [3.05, 3.63) is 54.4 Å². The Kier molecular flexibility index (Phi) is 6.24. The molecule has 2 rings (SSSR count). The van der Waals surface area contributed by atoms with E-state index in [-0.39, 0.29) is 28.9 Å². The van der Waals surface area contributed by atoms with Crippen molar-refractivity contribution in [3.63, 3.8) is 0 Å². The average Bonchev–Trinajstić information content (AvgIpc) is 2.59. The molecular formula is C17H19N3O4S. The van der Waals surface area contributed by atoms with Gasteiger partial charge in [0.25, 0.3) is 0 Å². The summed E-state index contributed by atoms with van der Waals surface area (Å²) in [6.45, 7) is 1.70. The third-order valence-corrected chi connectivity index (χ3v) is 5.10. The van der Waals surface area contributed by atoms with Crippen LogP contribution in [0.15, 0.2) is 53.7 Å². The van der Waals surface area contributed by atoms with Gasteiger partial charge in [0.05, 0.1) is 10.6 Å². The van der Waals surface area contributed by atoms with E-state index in [1.165, 1.54) is 31.2 Å². The maximum Gasteiger partial charge on any atom is 0.221 e. The van der Waals surface area contributed by atoms with Gasteiger partial charge in [-0.3, -0.25) is 14.6 Å². The molecule has 0 aliphatic carbocycles. The highest BCUT2D eigenvalue weighted by Gasteiger charge is 2.16. The maximum absolute atomic E-state index is 12.3. The highest BCUT2D eigenvalue weighted by molar-refractivity contribution is 7.91. The SMILES string of the molecule is CC(=O)Nc1ccc(S(=O)(=O)CCC(=O)NCc2ccncc2)cc1. The van der Waals surface area contributed by atoms with Gasteiger partial charge in [-0.25, -0.2) is 8.42 Å². The van der Waals surface area contributed by atoms with Crippen LogP contribution in [0.1, 0.15) is 18.9 Å². The van der Waals surface area contributed by atoms with E-state index in [9.17, 15) is 18.0 Å². The molecule has 0 saturated carbocycles. The van der Waals surface area contributed by atoms with Gasteiger partial charge in [0.15, 0.2) is 9.84 Å². The Labute approximate surface area is 146 Å². The zero-order chi connectivity index (χ0) is 18.3. The van der Waals surface area contributed by atoms with Crippen LogP contribution in [0.5, 0.6) is 0 Å². The molecule has 1 heterocycles. The van der Waals surface area contributed by atoms with E-state index in [1.54, 1.807) is 24.5 Å². The molecule has 0 spiro atoms. The van der Waals surface area contributed by atoms with Crippen molar-refractivity contribution in [2.75, 3.05) is 11.1 Å². The molecule has 1 aromatic carbocycles. The lowest BCUT2D eigenvalue weighted by molar-refractivity contribution is -0.120. The number of hydrogen-bond acceptors (Lipinski definition) is 5. The van der Waals surface area contributed by atoms with E-state index in [1.807, 2.05) is 0 Å². The number of nitrogens with zero attached hydrogens (tertiary/aromatic N) is 1. The fraction of sp³-hybridized carbons (Fsp3) is 0.235. The number of nitrogens with one attached hydrogen (secondary N) is 2. The lowest BCUT2D eigenvalue weighted by Crippen LogP contribution is -2.25. The van der Waals surface area contributed by atoms with E-state index in [2.05, 4.69) is 15.6 Å². The summed E-state index contributed by atoms with van der Waals surface area (Å²) in [4.78, 5) is 26.8. The second-order valence-corrected chi connectivity index (χ2v) is 7.52. The van der Waals surface area contributed by atoms with Crippen molar-refractivity contribution in [2.45, 2.75) is 24.8 Å². The first kappa shape index (κ1) is 18.6. The molecule has 0 atom stereocenters. The number of carbonyl (C=O) groups excluding carboxylic acids is 2. The van der Waals surface area contributed by atoms with Crippen LogP contribution in [0.4, 0.5) is 5.69 Å². The molecule has 25 heavy (non-hydrogen) atoms. The Bertz CT molecular complexity index is 834. The fourth-order valence-electron chi connectivity index (χ4n) is 2.08. The molecule has 0 saturated heterocycles. The number of amides is 2. The van der Waals surface area contributed by atoms with Gasteiger partial charge < -0.3 is 10.6 Å². The summed E-state index contributed by atoms with van der Waals surface area (Å²) in [7, 11) is -3.57. The molecular weight excluding hydrogens is 342 g/mol. The number of carbonyl (C=O) groups is 2. The minimum absolute atomic E-state index is 0.114. The first-order chi connectivity index (χ1) is 11.9. The number of rotatable bonds is 7. The second kappa shape index (κ2) is 8.39. The zero-order valence-electron chi connectivity index (χ0n) is 13.7. The van der Waals surface area contributed by atoms with E-state index >= 15 is 0 Å². The molecule has 0 aliphatic heterocycles. The molecule has 0 fully saturated rings. The first-order valence-electron chi connectivity index (χ1n) is 7.63. The van der Waals surface area contributed by atoms with Crippen molar-refractivity contribution in [3.8, 4) is 0 Å². The summed E-state index contributed by atoms with van der Waals surface area (Å²) in [5.41, 5.74) is 1.40. The van der Waals surface area contributed by atoms with Gasteiger partial charge in [-0.2, -0.15) is 0 Å². The molecule has 2 N–H and O–H groups in total. The van der Waals surface area contributed by atoms with Crippen LogP contribution in [-0.4, -0.2) is 31.0 Å². The highest BCUT2D eigenvalue weighted by Crippen LogP contribution is 2.16. The van der Waals surface area contributed by atoms with Gasteiger partial charge in [-0.05, 0) is 42.0 Å². The first-order valence-corrected chi connectivity index (χ1v) is 9.28. The van der Waals surface area contributed by atoms with Gasteiger partial charge in [-0.1, -0.05) is 0 Å². The van der Waals surface area contributed by atoms with Crippen LogP contribution in [0.3, 0.4) is 0 Å². The number of pyridine rings is 1. The van der Waals surface area contributed by atoms with Crippen LogP contribution in [0, 0.1) is 0 Å². The monoisotopic (exact) mass is 361 g/mol. The number of anilines is 1. The van der Waals surface area contributed by atoms with Crippen molar-refractivity contribution < 1.29 is 18.0 Å². The number of sulfone groups is 1. The van der Waals surface area contributed by atoms with Gasteiger partial charge in [-0.15, -0.1) is 0 Å². The van der Waals surface area contributed by atoms with Crippen molar-refractivity contribution in [2.24, 2.45) is 0 Å². The van der Waals surface area contributed by atoms with Gasteiger partial charge in [0.1, 0.15) is 0 Å². The Balaban J connectivity index is 1.88. The van der Waals surface area contributed by atoms with E-state index in [0.29, 0.717) is 12.2 Å². The fourth-order valence-corrected chi connectivity index (χ4v) is 3.32. The van der Waals surface area contributed by atoms with Crippen molar-refractivity contribution >= 4 is 27.3 Å². The largest absolute Gasteiger partial charge is 0.352 e. The third-order valence-electron chi connectivity index (χ3n) is 3.37. The number of aromatic nitrogens is 1. The minimum Gasteiger partial charge on any atom is -0.352 e. The molecule has 2 amide bonds. The summed E-state index contributed by atoms with van der Waals surface area (Å²) >= 11 is 0. The molecule has 0 unspecified atom stereocenters. The van der Waals surface area contributed by atoms with Crippen molar-refractivity contribution in [1.29, 1.82) is 0 Å². The molecule has 0 bridgehead atoms. The third kappa shape index (κ3) is 6.00. The predicted molar refractivity (Wildman–Crippen MR) is 93.5 cm³/mol. The van der Waals surface area contributed by atoms with E-state index in [0.717, 1.165) is 5.56 Å². The van der Waals surface area contributed by atoms with Gasteiger partial charge in [0, 0.05) is 38.0 Å². The molecule has 0 aliphatic rings. The Morgan fingerprint density at radius 2 is 1.68 bits per heavy atom. The minimum atomic E-state index is -3.57. The Morgan fingerprint density at radius 3 is 2.28 bits per heavy atom. The number of hydrogen-bond donors (Lipinski definition) is 2. The molecule has 8 heteroatoms. The Morgan fingerprint density at radius 1 is 1.04 bits per heavy atom. The topological polar surface area (TPSA) is 105 Å². The smallest absolute Gasteiger partial charge is 0.221 e. The summed E-state index contributed by atoms with van der Waals surface area (Å²) in [5.74, 6) is -0.856. The highest BCUT2D eigenvalue weighted by atomic mass is 32.2. The van der Waals surface area contributed by atoms with Crippen LogP contribution in [0.25, 0.3) is 0 Å². The van der Waals surface area contributed by atoms with Crippen LogP contribution in [0.2, 0.25) is 0 Å². The summed E-state index contributed by atoms with van der Waals surface area (Å²) < 4.78 is 24.5. The van der Waals surface area contributed by atoms with Crippen molar-refractivity contribution in [1.82, 2.24) is 10.3 Å². The zero-order valence-corrected chi connectivity index (χ0v) is 14.5. The van der Waals surface area contributed by atoms with E-state index < -0.39 is 9.84 Å². The summed E-state index contributed by atoms with van der Waals surface area (Å²) in [6, 6.07) is 9.39. The Hall–Kier alpha value is -2.74. The molecule has 0 radical (unpaired) electrons. The van der Waals surface area contributed by atoms with Crippen LogP contribution in [-0.2, 0) is 26.0 Å². The van der Waals surface area contributed by atoms with Crippen LogP contribution < -0.4 is 10.6 Å². The molecule has 2 aromatic rings. The summed E-state index contributed by atoms with van der Waals surface area (Å²) in [6.07, 6.45) is 3.12. The summed E-state index contributed by atoms with van der Waals surface area (Å²) in [5, 5.41) is 5.24.